The lowest BCUT2D eigenvalue weighted by molar-refractivity contribution is -0.123. The second-order valence-corrected chi connectivity index (χ2v) is 8.88. The molecule has 1 aliphatic heterocycles. The van der Waals surface area contributed by atoms with Crippen molar-refractivity contribution in [2.75, 3.05) is 6.54 Å². The van der Waals surface area contributed by atoms with E-state index in [-0.39, 0.29) is 42.1 Å². The number of phenols is 1. The van der Waals surface area contributed by atoms with E-state index in [1.54, 1.807) is 18.2 Å². The van der Waals surface area contributed by atoms with E-state index in [9.17, 15) is 19.5 Å². The number of rotatable bonds is 4. The molecule has 2 amide bonds. The second-order valence-electron chi connectivity index (χ2n) is 8.88. The highest BCUT2D eigenvalue weighted by atomic mass is 16.3. The number of carbonyl (C=O) groups is 3. The molecule has 0 fully saturated rings. The number of amides is 2. The van der Waals surface area contributed by atoms with Crippen LogP contribution in [0.25, 0.3) is 10.9 Å². The highest BCUT2D eigenvalue weighted by Gasteiger charge is 2.41. The number of benzene rings is 2. The lowest BCUT2D eigenvalue weighted by Gasteiger charge is -2.35. The van der Waals surface area contributed by atoms with E-state index in [0.29, 0.717) is 5.52 Å². The normalized spacial score (nSPS) is 16.5. The SMILES string of the molecule is CC(C)(C)NC(=O)CN1C(=O)c2cc3ccccc3n2C(=O)C1Cc1ccc(O)cc1. The summed E-state index contributed by atoms with van der Waals surface area (Å²) in [6.45, 7) is 5.37. The summed E-state index contributed by atoms with van der Waals surface area (Å²) in [5.74, 6) is -0.820. The van der Waals surface area contributed by atoms with Crippen LogP contribution in [0.4, 0.5) is 0 Å². The van der Waals surface area contributed by atoms with E-state index in [2.05, 4.69) is 5.32 Å². The molecule has 7 heteroatoms. The number of hydrogen-bond donors (Lipinski definition) is 2. The summed E-state index contributed by atoms with van der Waals surface area (Å²) in [6.07, 6.45) is 0.236. The van der Waals surface area contributed by atoms with Gasteiger partial charge in [0.15, 0.2) is 0 Å². The molecule has 2 heterocycles. The third-order valence-electron chi connectivity index (χ3n) is 5.27. The molecule has 0 spiro atoms. The molecular weight excluding hydrogens is 394 g/mol. The van der Waals surface area contributed by atoms with Gasteiger partial charge in [-0.1, -0.05) is 30.3 Å². The topological polar surface area (TPSA) is 91.6 Å². The number of para-hydroxylation sites is 1. The zero-order chi connectivity index (χ0) is 22.3. The Labute approximate surface area is 180 Å². The van der Waals surface area contributed by atoms with Crippen molar-refractivity contribution >= 4 is 28.6 Å². The molecule has 31 heavy (non-hydrogen) atoms. The van der Waals surface area contributed by atoms with Crippen LogP contribution in [0.3, 0.4) is 0 Å². The Morgan fingerprint density at radius 2 is 1.74 bits per heavy atom. The molecule has 0 saturated carbocycles. The zero-order valence-corrected chi connectivity index (χ0v) is 17.8. The summed E-state index contributed by atoms with van der Waals surface area (Å²) in [5, 5.41) is 13.2. The number of aromatic nitrogens is 1. The Kier molecular flexibility index (Phi) is 5.05. The van der Waals surface area contributed by atoms with Crippen molar-refractivity contribution in [1.82, 2.24) is 14.8 Å². The van der Waals surface area contributed by atoms with Crippen LogP contribution >= 0.6 is 0 Å². The molecule has 1 aromatic heterocycles. The fourth-order valence-corrected chi connectivity index (χ4v) is 3.97. The van der Waals surface area contributed by atoms with Crippen molar-refractivity contribution < 1.29 is 19.5 Å². The van der Waals surface area contributed by atoms with Crippen molar-refractivity contribution in [3.63, 3.8) is 0 Å². The molecule has 0 aliphatic carbocycles. The van der Waals surface area contributed by atoms with Crippen molar-refractivity contribution in [1.29, 1.82) is 0 Å². The minimum absolute atomic E-state index is 0.120. The van der Waals surface area contributed by atoms with Gasteiger partial charge in [0.05, 0.1) is 5.52 Å². The van der Waals surface area contributed by atoms with Gasteiger partial charge in [-0.15, -0.1) is 0 Å². The number of phenolic OH excluding ortho intramolecular Hbond substituents is 1. The quantitative estimate of drug-likeness (QED) is 0.680. The van der Waals surface area contributed by atoms with E-state index in [0.717, 1.165) is 10.9 Å². The molecular formula is C24H25N3O4. The summed E-state index contributed by atoms with van der Waals surface area (Å²) in [7, 11) is 0. The van der Waals surface area contributed by atoms with Gasteiger partial charge >= 0.3 is 0 Å². The summed E-state index contributed by atoms with van der Waals surface area (Å²) in [4.78, 5) is 41.0. The van der Waals surface area contributed by atoms with Crippen molar-refractivity contribution in [3.05, 3.63) is 65.9 Å². The van der Waals surface area contributed by atoms with Crippen LogP contribution in [0, 0.1) is 0 Å². The maximum Gasteiger partial charge on any atom is 0.272 e. The third kappa shape index (κ3) is 4.03. The first-order chi connectivity index (χ1) is 14.6. The van der Waals surface area contributed by atoms with Gasteiger partial charge in [-0.2, -0.15) is 0 Å². The van der Waals surface area contributed by atoms with Crippen LogP contribution in [-0.2, 0) is 11.2 Å². The molecule has 1 atom stereocenters. The molecule has 0 radical (unpaired) electrons. The molecule has 0 saturated heterocycles. The lowest BCUT2D eigenvalue weighted by atomic mass is 10.0. The fourth-order valence-electron chi connectivity index (χ4n) is 3.97. The first kappa shape index (κ1) is 20.7. The van der Waals surface area contributed by atoms with Crippen LogP contribution in [0.5, 0.6) is 5.75 Å². The molecule has 1 aliphatic rings. The first-order valence-electron chi connectivity index (χ1n) is 10.2. The Bertz CT molecular complexity index is 1170. The second kappa shape index (κ2) is 7.58. The van der Waals surface area contributed by atoms with Crippen molar-refractivity contribution in [2.45, 2.75) is 38.8 Å². The molecule has 7 nitrogen and oxygen atoms in total. The number of aromatic hydroxyl groups is 1. The number of carbonyl (C=O) groups excluding carboxylic acids is 3. The molecule has 1 unspecified atom stereocenters. The highest BCUT2D eigenvalue weighted by Crippen LogP contribution is 2.28. The van der Waals surface area contributed by atoms with Crippen LogP contribution in [-0.4, -0.2) is 50.4 Å². The van der Waals surface area contributed by atoms with Crippen LogP contribution in [0.2, 0.25) is 0 Å². The van der Waals surface area contributed by atoms with Crippen LogP contribution in [0.1, 0.15) is 41.6 Å². The average Bonchev–Trinajstić information content (AvgIpc) is 3.09. The van der Waals surface area contributed by atoms with E-state index in [4.69, 9.17) is 0 Å². The monoisotopic (exact) mass is 419 g/mol. The molecule has 160 valence electrons. The van der Waals surface area contributed by atoms with Gasteiger partial charge in [0, 0.05) is 17.3 Å². The minimum Gasteiger partial charge on any atom is -0.508 e. The summed E-state index contributed by atoms with van der Waals surface area (Å²) in [6, 6.07) is 14.7. The maximum absolute atomic E-state index is 13.6. The van der Waals surface area contributed by atoms with Gasteiger partial charge in [-0.25, -0.2) is 0 Å². The van der Waals surface area contributed by atoms with Gasteiger partial charge in [0.25, 0.3) is 11.8 Å². The fraction of sp³-hybridized carbons (Fsp3) is 0.292. The Hall–Kier alpha value is -3.61. The van der Waals surface area contributed by atoms with E-state index < -0.39 is 11.6 Å². The van der Waals surface area contributed by atoms with Gasteiger partial charge < -0.3 is 15.3 Å². The lowest BCUT2D eigenvalue weighted by Crippen LogP contribution is -2.57. The molecule has 0 bridgehead atoms. The highest BCUT2D eigenvalue weighted by molar-refractivity contribution is 6.11. The van der Waals surface area contributed by atoms with Crippen LogP contribution < -0.4 is 5.32 Å². The van der Waals surface area contributed by atoms with E-state index in [1.807, 2.05) is 45.0 Å². The molecule has 4 rings (SSSR count). The number of nitrogens with zero attached hydrogens (tertiary/aromatic N) is 2. The van der Waals surface area contributed by atoms with Crippen LogP contribution in [0.15, 0.2) is 54.6 Å². The van der Waals surface area contributed by atoms with Crippen molar-refractivity contribution in [2.24, 2.45) is 0 Å². The van der Waals surface area contributed by atoms with E-state index >= 15 is 0 Å². The number of nitrogens with one attached hydrogen (secondary N) is 1. The van der Waals surface area contributed by atoms with Gasteiger partial charge in [-0.3, -0.25) is 19.0 Å². The molecule has 3 aromatic rings. The third-order valence-corrected chi connectivity index (χ3v) is 5.27. The van der Waals surface area contributed by atoms with E-state index in [1.165, 1.54) is 21.6 Å². The van der Waals surface area contributed by atoms with Crippen molar-refractivity contribution in [3.8, 4) is 5.75 Å². The Morgan fingerprint density at radius 1 is 1.06 bits per heavy atom. The zero-order valence-electron chi connectivity index (χ0n) is 17.8. The van der Waals surface area contributed by atoms with Gasteiger partial charge in [0.1, 0.15) is 24.0 Å². The smallest absolute Gasteiger partial charge is 0.272 e. The number of hydrogen-bond acceptors (Lipinski definition) is 4. The maximum atomic E-state index is 13.6. The van der Waals surface area contributed by atoms with Gasteiger partial charge in [-0.05, 0) is 50.6 Å². The average molecular weight is 419 g/mol. The molecule has 2 N–H and O–H groups in total. The Morgan fingerprint density at radius 3 is 2.42 bits per heavy atom. The Balaban J connectivity index is 1.75. The summed E-state index contributed by atoms with van der Waals surface area (Å²) >= 11 is 0. The molecule has 2 aromatic carbocycles. The predicted molar refractivity (Wildman–Crippen MR) is 117 cm³/mol. The summed E-state index contributed by atoms with van der Waals surface area (Å²) in [5.41, 5.74) is 1.26. The predicted octanol–water partition coefficient (Wildman–Crippen LogP) is 2.97. The number of fused-ring (bicyclic) bond motifs is 3. The largest absolute Gasteiger partial charge is 0.508 e. The minimum atomic E-state index is -0.842. The summed E-state index contributed by atoms with van der Waals surface area (Å²) < 4.78 is 1.46. The van der Waals surface area contributed by atoms with Gasteiger partial charge in [0.2, 0.25) is 5.91 Å². The first-order valence-corrected chi connectivity index (χ1v) is 10.2. The standard InChI is InChI=1S/C24H25N3O4/c1-24(2,3)25-21(29)14-26-19(12-15-8-10-17(28)11-9-15)23(31)27-18-7-5-4-6-16(18)13-20(27)22(26)30/h4-11,13,19,28H,12,14H2,1-3H3,(H,25,29).